The van der Waals surface area contributed by atoms with Gasteiger partial charge in [0.05, 0.1) is 18.2 Å². The minimum absolute atomic E-state index is 0.0593. The van der Waals surface area contributed by atoms with E-state index in [9.17, 15) is 0 Å². The van der Waals surface area contributed by atoms with Gasteiger partial charge < -0.3 is 15.4 Å². The summed E-state index contributed by atoms with van der Waals surface area (Å²) in [4.78, 5) is 2.14. The minimum Gasteiger partial charge on any atom is -0.497 e. The summed E-state index contributed by atoms with van der Waals surface area (Å²) in [5, 5.41) is 0.689. The van der Waals surface area contributed by atoms with Crippen LogP contribution in [0.1, 0.15) is 11.6 Å². The molecule has 0 saturated heterocycles. The average Bonchev–Trinajstić information content (AvgIpc) is 2.51. The van der Waals surface area contributed by atoms with Crippen LogP contribution >= 0.6 is 27.5 Å². The van der Waals surface area contributed by atoms with Crippen molar-refractivity contribution < 1.29 is 4.74 Å². The SMILES string of the molecule is COc1ccc(N(C)C(CN)c2ccc(Br)c(Cl)c2)cc1. The van der Waals surface area contributed by atoms with Crippen LogP contribution < -0.4 is 15.4 Å². The van der Waals surface area contributed by atoms with Crippen molar-refractivity contribution in [3.8, 4) is 5.75 Å². The Bertz CT molecular complexity index is 604. The summed E-state index contributed by atoms with van der Waals surface area (Å²) in [7, 11) is 3.68. The number of likely N-dealkylation sites (N-methyl/N-ethyl adjacent to an activating group) is 1. The third kappa shape index (κ3) is 3.70. The smallest absolute Gasteiger partial charge is 0.119 e. The van der Waals surface area contributed by atoms with E-state index in [1.54, 1.807) is 7.11 Å². The molecule has 3 nitrogen and oxygen atoms in total. The molecule has 0 bridgehead atoms. The summed E-state index contributed by atoms with van der Waals surface area (Å²) in [6, 6.07) is 13.9. The van der Waals surface area contributed by atoms with Gasteiger partial charge in [0.25, 0.3) is 0 Å². The molecule has 0 aliphatic carbocycles. The van der Waals surface area contributed by atoms with Crippen LogP contribution in [0.3, 0.4) is 0 Å². The number of halogens is 2. The first-order chi connectivity index (χ1) is 10.1. The summed E-state index contributed by atoms with van der Waals surface area (Å²) in [6.07, 6.45) is 0. The van der Waals surface area contributed by atoms with Gasteiger partial charge in [-0.25, -0.2) is 0 Å². The lowest BCUT2D eigenvalue weighted by atomic mass is 10.1. The van der Waals surface area contributed by atoms with Crippen LogP contribution in [0.2, 0.25) is 5.02 Å². The Morgan fingerprint density at radius 3 is 2.43 bits per heavy atom. The lowest BCUT2D eigenvalue weighted by molar-refractivity contribution is 0.415. The first-order valence-electron chi connectivity index (χ1n) is 6.58. The zero-order chi connectivity index (χ0) is 15.4. The van der Waals surface area contributed by atoms with Gasteiger partial charge in [0.2, 0.25) is 0 Å². The zero-order valence-corrected chi connectivity index (χ0v) is 14.4. The van der Waals surface area contributed by atoms with Gasteiger partial charge in [0, 0.05) is 23.8 Å². The van der Waals surface area contributed by atoms with Crippen molar-refractivity contribution in [1.29, 1.82) is 0 Å². The van der Waals surface area contributed by atoms with E-state index in [0.717, 1.165) is 21.5 Å². The highest BCUT2D eigenvalue weighted by Crippen LogP contribution is 2.30. The molecule has 0 heterocycles. The fourth-order valence-electron chi connectivity index (χ4n) is 2.23. The van der Waals surface area contributed by atoms with E-state index >= 15 is 0 Å². The van der Waals surface area contributed by atoms with Crippen LogP contribution in [-0.4, -0.2) is 20.7 Å². The van der Waals surface area contributed by atoms with Crippen LogP contribution in [0, 0.1) is 0 Å². The van der Waals surface area contributed by atoms with Crippen molar-refractivity contribution in [2.75, 3.05) is 25.6 Å². The largest absolute Gasteiger partial charge is 0.497 e. The third-order valence-electron chi connectivity index (χ3n) is 3.50. The standard InChI is InChI=1S/C16H18BrClN2O/c1-20(12-4-6-13(21-2)7-5-12)16(10-19)11-3-8-14(17)15(18)9-11/h3-9,16H,10,19H2,1-2H3. The average molecular weight is 370 g/mol. The molecule has 0 spiro atoms. The maximum atomic E-state index is 6.18. The van der Waals surface area contributed by atoms with Gasteiger partial charge in [-0.1, -0.05) is 17.7 Å². The zero-order valence-electron chi connectivity index (χ0n) is 12.0. The predicted octanol–water partition coefficient (Wildman–Crippen LogP) is 4.25. The second kappa shape index (κ2) is 7.16. The molecule has 21 heavy (non-hydrogen) atoms. The van der Waals surface area contributed by atoms with Crippen molar-refractivity contribution in [3.63, 3.8) is 0 Å². The highest BCUT2D eigenvalue weighted by molar-refractivity contribution is 9.10. The molecule has 0 radical (unpaired) electrons. The molecule has 0 aliphatic heterocycles. The van der Waals surface area contributed by atoms with E-state index in [4.69, 9.17) is 22.1 Å². The number of nitrogens with zero attached hydrogens (tertiary/aromatic N) is 1. The normalized spacial score (nSPS) is 12.0. The van der Waals surface area contributed by atoms with Gasteiger partial charge in [-0.2, -0.15) is 0 Å². The predicted molar refractivity (Wildman–Crippen MR) is 92.3 cm³/mol. The molecule has 1 unspecified atom stereocenters. The molecule has 2 rings (SSSR count). The highest BCUT2D eigenvalue weighted by Gasteiger charge is 2.17. The van der Waals surface area contributed by atoms with Gasteiger partial charge in [0.1, 0.15) is 5.75 Å². The second-order valence-electron chi connectivity index (χ2n) is 4.73. The summed E-state index contributed by atoms with van der Waals surface area (Å²) in [5.41, 5.74) is 8.13. The first kappa shape index (κ1) is 16.1. The molecule has 5 heteroatoms. The van der Waals surface area contributed by atoms with E-state index in [0.29, 0.717) is 11.6 Å². The highest BCUT2D eigenvalue weighted by atomic mass is 79.9. The van der Waals surface area contributed by atoms with Crippen LogP contribution in [-0.2, 0) is 0 Å². The number of methoxy groups -OCH3 is 1. The summed E-state index contributed by atoms with van der Waals surface area (Å²) in [5.74, 6) is 0.836. The number of rotatable bonds is 5. The molecule has 0 amide bonds. The molecule has 2 aromatic carbocycles. The second-order valence-corrected chi connectivity index (χ2v) is 6.00. The Balaban J connectivity index is 2.28. The molecule has 0 aromatic heterocycles. The van der Waals surface area contributed by atoms with E-state index in [1.165, 1.54) is 0 Å². The number of ether oxygens (including phenoxy) is 1. The summed E-state index contributed by atoms with van der Waals surface area (Å²) in [6.45, 7) is 0.500. The molecular formula is C16H18BrClN2O. The Hall–Kier alpha value is -1.23. The Morgan fingerprint density at radius 1 is 1.24 bits per heavy atom. The van der Waals surface area contributed by atoms with E-state index < -0.39 is 0 Å². The number of hydrogen-bond donors (Lipinski definition) is 1. The maximum absolute atomic E-state index is 6.18. The summed E-state index contributed by atoms with van der Waals surface area (Å²) >= 11 is 9.59. The number of nitrogens with two attached hydrogens (primary N) is 1. The molecule has 112 valence electrons. The molecule has 1 atom stereocenters. The Labute approximate surface area is 138 Å². The lowest BCUT2D eigenvalue weighted by Gasteiger charge is -2.30. The van der Waals surface area contributed by atoms with E-state index in [-0.39, 0.29) is 6.04 Å². The van der Waals surface area contributed by atoms with Crippen molar-refractivity contribution in [1.82, 2.24) is 0 Å². The van der Waals surface area contributed by atoms with Crippen LogP contribution in [0.4, 0.5) is 5.69 Å². The molecule has 0 saturated carbocycles. The molecule has 0 aliphatic rings. The maximum Gasteiger partial charge on any atom is 0.119 e. The van der Waals surface area contributed by atoms with Crippen molar-refractivity contribution >= 4 is 33.2 Å². The number of benzene rings is 2. The van der Waals surface area contributed by atoms with Gasteiger partial charge in [0.15, 0.2) is 0 Å². The Kier molecular flexibility index (Phi) is 5.51. The number of hydrogen-bond acceptors (Lipinski definition) is 3. The van der Waals surface area contributed by atoms with E-state index in [2.05, 4.69) is 20.8 Å². The van der Waals surface area contributed by atoms with Gasteiger partial charge in [-0.15, -0.1) is 0 Å². The molecule has 2 N–H and O–H groups in total. The lowest BCUT2D eigenvalue weighted by Crippen LogP contribution is -2.30. The van der Waals surface area contributed by atoms with Crippen LogP contribution in [0.25, 0.3) is 0 Å². The van der Waals surface area contributed by atoms with Crippen molar-refractivity contribution in [3.05, 3.63) is 57.5 Å². The van der Waals surface area contributed by atoms with Crippen molar-refractivity contribution in [2.45, 2.75) is 6.04 Å². The minimum atomic E-state index is 0.0593. The third-order valence-corrected chi connectivity index (χ3v) is 4.73. The molecule has 0 fully saturated rings. The quantitative estimate of drug-likeness (QED) is 0.856. The fraction of sp³-hybridized carbons (Fsp3) is 0.250. The van der Waals surface area contributed by atoms with Crippen LogP contribution in [0.5, 0.6) is 5.75 Å². The van der Waals surface area contributed by atoms with E-state index in [1.807, 2.05) is 49.5 Å². The van der Waals surface area contributed by atoms with Crippen molar-refractivity contribution in [2.24, 2.45) is 5.73 Å². The molecule has 2 aromatic rings. The summed E-state index contributed by atoms with van der Waals surface area (Å²) < 4.78 is 6.07. The first-order valence-corrected chi connectivity index (χ1v) is 7.75. The Morgan fingerprint density at radius 2 is 1.90 bits per heavy atom. The van der Waals surface area contributed by atoms with Gasteiger partial charge in [-0.05, 0) is 57.9 Å². The monoisotopic (exact) mass is 368 g/mol. The van der Waals surface area contributed by atoms with Gasteiger partial charge >= 0.3 is 0 Å². The van der Waals surface area contributed by atoms with Gasteiger partial charge in [-0.3, -0.25) is 0 Å². The van der Waals surface area contributed by atoms with Crippen LogP contribution in [0.15, 0.2) is 46.9 Å². The fourth-order valence-corrected chi connectivity index (χ4v) is 2.67. The molecular weight excluding hydrogens is 352 g/mol. The topological polar surface area (TPSA) is 38.5 Å². The number of anilines is 1.